The lowest BCUT2D eigenvalue weighted by atomic mass is 9.83. The van der Waals surface area contributed by atoms with E-state index in [0.717, 1.165) is 39.4 Å². The van der Waals surface area contributed by atoms with Crippen molar-refractivity contribution < 1.29 is 0 Å². The second-order valence-corrected chi connectivity index (χ2v) is 24.9. The fourth-order valence-electron chi connectivity index (χ4n) is 8.82. The zero-order chi connectivity index (χ0) is 48.3. The minimum Gasteiger partial charge on any atom is -0.354 e. The molecule has 0 saturated heterocycles. The average Bonchev–Trinajstić information content (AvgIpc) is 3.70. The van der Waals surface area contributed by atoms with Crippen molar-refractivity contribution in [3.8, 4) is 43.8 Å². The molecule has 8 rings (SSSR count). The van der Waals surface area contributed by atoms with E-state index in [0.29, 0.717) is 0 Å². The van der Waals surface area contributed by atoms with E-state index >= 15 is 0 Å². The molecular weight excluding hydrogens is 829 g/mol. The Labute approximate surface area is 406 Å². The maximum Gasteiger partial charge on any atom is 0.0485 e. The van der Waals surface area contributed by atoms with Gasteiger partial charge in [0, 0.05) is 54.6 Å². The third-order valence-electron chi connectivity index (χ3n) is 13.3. The molecule has 7 aromatic carbocycles. The van der Waals surface area contributed by atoms with Gasteiger partial charge in [0.25, 0.3) is 0 Å². The second-order valence-electron chi connectivity index (χ2n) is 23.8. The molecule has 0 unspecified atom stereocenters. The minimum atomic E-state index is -0.0193. The third-order valence-corrected chi connectivity index (χ3v) is 14.5. The molecule has 0 fully saturated rings. The van der Waals surface area contributed by atoms with Crippen LogP contribution in [0.1, 0.15) is 132 Å². The number of hydrogen-bond donors (Lipinski definition) is 2. The van der Waals surface area contributed by atoms with Crippen LogP contribution in [0.25, 0.3) is 53.9 Å². The quantitative estimate of drug-likeness (QED) is 0.159. The van der Waals surface area contributed by atoms with Gasteiger partial charge in [0.05, 0.1) is 0 Å². The smallest absolute Gasteiger partial charge is 0.0485 e. The van der Waals surface area contributed by atoms with Gasteiger partial charge >= 0.3 is 0 Å². The van der Waals surface area contributed by atoms with Crippen molar-refractivity contribution in [1.82, 2.24) is 0 Å². The first-order chi connectivity index (χ1) is 31.3. The molecule has 3 heteroatoms. The number of fused-ring (bicyclic) bond motifs is 1. The molecule has 2 N–H and O–H groups in total. The summed E-state index contributed by atoms with van der Waals surface area (Å²) >= 11 is 1.86. The van der Waals surface area contributed by atoms with E-state index in [1.54, 1.807) is 0 Å². The van der Waals surface area contributed by atoms with Gasteiger partial charge in [-0.3, -0.25) is 0 Å². The first-order valence-corrected chi connectivity index (χ1v) is 25.0. The summed E-state index contributed by atoms with van der Waals surface area (Å²) < 4.78 is 1.29. The van der Waals surface area contributed by atoms with E-state index in [4.69, 9.17) is 0 Å². The maximum absolute atomic E-state index is 4.10. The summed E-state index contributed by atoms with van der Waals surface area (Å²) in [6.07, 6.45) is 0. The molecule has 0 aliphatic heterocycles. The van der Waals surface area contributed by atoms with E-state index in [1.807, 2.05) is 11.3 Å². The van der Waals surface area contributed by atoms with Gasteiger partial charge in [-0.25, -0.2) is 0 Å². The van der Waals surface area contributed by atoms with Crippen LogP contribution in [-0.4, -0.2) is 0 Å². The van der Waals surface area contributed by atoms with Gasteiger partial charge in [0.2, 0.25) is 0 Å². The number of hydrogen-bond acceptors (Lipinski definition) is 3. The van der Waals surface area contributed by atoms with Crippen molar-refractivity contribution in [2.75, 3.05) is 10.6 Å². The number of anilines is 4. The molecule has 0 atom stereocenters. The van der Waals surface area contributed by atoms with Crippen LogP contribution >= 0.6 is 11.3 Å². The molecule has 1 aromatic heterocycles. The highest BCUT2D eigenvalue weighted by molar-refractivity contribution is 7.22. The number of thiophene rings is 1. The van der Waals surface area contributed by atoms with Crippen LogP contribution in [0.2, 0.25) is 0 Å². The highest BCUT2D eigenvalue weighted by atomic mass is 32.1. The summed E-state index contributed by atoms with van der Waals surface area (Å²) in [4.78, 5) is 1.25. The van der Waals surface area contributed by atoms with Crippen LogP contribution in [0.15, 0.2) is 152 Å². The summed E-state index contributed by atoms with van der Waals surface area (Å²) in [6, 6.07) is 57.5. The van der Waals surface area contributed by atoms with Crippen molar-refractivity contribution in [2.24, 2.45) is 0 Å². The van der Waals surface area contributed by atoms with Gasteiger partial charge in [-0.15, -0.1) is 11.3 Å². The fraction of sp³-hybridized carbons (Fsp3) is 0.312. The predicted octanol–water partition coefficient (Wildman–Crippen LogP) is 19.5. The molecule has 0 spiro atoms. The summed E-state index contributed by atoms with van der Waals surface area (Å²) in [7, 11) is 0. The second kappa shape index (κ2) is 17.6. The first-order valence-electron chi connectivity index (χ1n) is 24.2. The molecule has 2 nitrogen and oxygen atoms in total. The molecular formula is C64H72N2S. The van der Waals surface area contributed by atoms with Gasteiger partial charge in [-0.1, -0.05) is 207 Å². The monoisotopic (exact) mass is 901 g/mol. The van der Waals surface area contributed by atoms with Gasteiger partial charge < -0.3 is 10.6 Å². The van der Waals surface area contributed by atoms with Crippen LogP contribution in [0.3, 0.4) is 0 Å². The van der Waals surface area contributed by atoms with Crippen LogP contribution < -0.4 is 10.6 Å². The topological polar surface area (TPSA) is 24.1 Å². The number of rotatable bonds is 8. The lowest BCUT2D eigenvalue weighted by Gasteiger charge is -2.25. The van der Waals surface area contributed by atoms with Crippen LogP contribution in [0, 0.1) is 0 Å². The van der Waals surface area contributed by atoms with E-state index in [-0.39, 0.29) is 27.1 Å². The molecule has 0 radical (unpaired) electrons. The van der Waals surface area contributed by atoms with Gasteiger partial charge in [0.15, 0.2) is 0 Å². The lowest BCUT2D eigenvalue weighted by molar-refractivity contribution is 0.590. The van der Waals surface area contributed by atoms with Crippen molar-refractivity contribution >= 4 is 44.2 Å². The summed E-state index contributed by atoms with van der Waals surface area (Å²) in [5.74, 6) is 0. The van der Waals surface area contributed by atoms with Gasteiger partial charge in [-0.05, 0) is 125 Å². The minimum absolute atomic E-state index is 0.0154. The first kappa shape index (κ1) is 47.6. The normalized spacial score (nSPS) is 12.7. The molecule has 344 valence electrons. The van der Waals surface area contributed by atoms with E-state index in [1.165, 1.54) is 65.0 Å². The standard InChI is InChI=1S/C64H72N2S/c1-60(2,3)45-26-20-41(21-27-45)50-37-48(63(10,11)12)32-34-54(50)65-56-40-57(66-55-35-33-49(64(13,14)15)38-53(55)59-36-44-18-16-17-19-58(44)67-59)52(43-24-30-47(31-25-43)62(7,8)9)39-51(56)42-22-28-46(29-23-42)61(4,5)6/h16-40,65-66H,1-15H3. The third kappa shape index (κ3) is 10.5. The molecule has 1 heterocycles. The highest BCUT2D eigenvalue weighted by Crippen LogP contribution is 2.46. The van der Waals surface area contributed by atoms with Gasteiger partial charge in [-0.2, -0.15) is 0 Å². The zero-order valence-corrected chi connectivity index (χ0v) is 43.7. The van der Waals surface area contributed by atoms with E-state index in [2.05, 4.69) is 266 Å². The Morgan fingerprint density at radius 2 is 0.642 bits per heavy atom. The summed E-state index contributed by atoms with van der Waals surface area (Å²) in [5, 5.41) is 9.47. The average molecular weight is 901 g/mol. The molecule has 0 aliphatic rings. The molecule has 0 saturated carbocycles. The van der Waals surface area contributed by atoms with Crippen molar-refractivity contribution in [1.29, 1.82) is 0 Å². The Balaban J connectivity index is 1.38. The van der Waals surface area contributed by atoms with E-state index in [9.17, 15) is 0 Å². The van der Waals surface area contributed by atoms with Crippen molar-refractivity contribution in [3.63, 3.8) is 0 Å². The van der Waals surface area contributed by atoms with Crippen LogP contribution in [0.5, 0.6) is 0 Å². The largest absolute Gasteiger partial charge is 0.354 e. The van der Waals surface area contributed by atoms with Crippen LogP contribution in [-0.2, 0) is 27.1 Å². The fourth-order valence-corrected chi connectivity index (χ4v) is 9.91. The highest BCUT2D eigenvalue weighted by Gasteiger charge is 2.24. The Hall–Kier alpha value is -5.90. The summed E-state index contributed by atoms with van der Waals surface area (Å²) in [5.41, 5.74) is 19.1. The molecule has 0 aliphatic carbocycles. The Morgan fingerprint density at radius 3 is 1.03 bits per heavy atom. The Bertz CT molecular complexity index is 3000. The maximum atomic E-state index is 4.10. The zero-order valence-electron chi connectivity index (χ0n) is 42.8. The molecule has 8 aromatic rings. The SMILES string of the molecule is CC(C)(C)c1ccc(-c2cc(C(C)(C)C)ccc2Nc2cc(Nc3ccc(C(C)(C)C)cc3-c3cc4ccccc4s3)c(-c3ccc(C(C)(C)C)cc3)cc2-c2ccc(C(C)(C)C)cc2)cc1. The van der Waals surface area contributed by atoms with Crippen molar-refractivity contribution in [3.05, 3.63) is 179 Å². The number of nitrogens with one attached hydrogen (secondary N) is 2. The number of benzene rings is 7. The lowest BCUT2D eigenvalue weighted by Crippen LogP contribution is -2.12. The Morgan fingerprint density at radius 1 is 0.299 bits per heavy atom. The van der Waals surface area contributed by atoms with Crippen LogP contribution in [0.4, 0.5) is 22.7 Å². The molecule has 67 heavy (non-hydrogen) atoms. The summed E-state index contributed by atoms with van der Waals surface area (Å²) in [6.45, 7) is 34.3. The van der Waals surface area contributed by atoms with Crippen molar-refractivity contribution in [2.45, 2.75) is 131 Å². The van der Waals surface area contributed by atoms with E-state index < -0.39 is 0 Å². The Kier molecular flexibility index (Phi) is 12.5. The van der Waals surface area contributed by atoms with Gasteiger partial charge in [0.1, 0.15) is 0 Å². The predicted molar refractivity (Wildman–Crippen MR) is 297 cm³/mol. The molecule has 0 bridgehead atoms. The molecule has 0 amide bonds.